The van der Waals surface area contributed by atoms with Crippen LogP contribution in [0.1, 0.15) is 31.7 Å². The number of thioether (sulfide) groups is 1. The third kappa shape index (κ3) is 5.76. The second-order valence-electron chi connectivity index (χ2n) is 6.56. The van der Waals surface area contributed by atoms with Crippen LogP contribution in [-0.4, -0.2) is 32.1 Å². The van der Waals surface area contributed by atoms with Gasteiger partial charge < -0.3 is 9.15 Å². The lowest BCUT2D eigenvalue weighted by molar-refractivity contribution is -0.113. The lowest BCUT2D eigenvalue weighted by Gasteiger charge is -2.12. The Morgan fingerprint density at radius 1 is 1.19 bits per heavy atom. The van der Waals surface area contributed by atoms with E-state index in [4.69, 9.17) is 9.15 Å². The molecule has 0 aliphatic carbocycles. The summed E-state index contributed by atoms with van der Waals surface area (Å²) in [6.45, 7) is 6.31. The summed E-state index contributed by atoms with van der Waals surface area (Å²) < 4.78 is 11.0. The van der Waals surface area contributed by atoms with Crippen molar-refractivity contribution in [2.45, 2.75) is 38.0 Å². The fraction of sp³-hybridized carbons (Fsp3) is 0.353. The van der Waals surface area contributed by atoms with Crippen LogP contribution in [-0.2, 0) is 16.8 Å². The highest BCUT2D eigenvalue weighted by Gasteiger charge is 2.20. The monoisotopic (exact) mass is 405 g/mol. The van der Waals surface area contributed by atoms with Gasteiger partial charge in [-0.3, -0.25) is 10.1 Å². The summed E-state index contributed by atoms with van der Waals surface area (Å²) in [5.41, 5.74) is -0.0998. The van der Waals surface area contributed by atoms with E-state index in [0.717, 1.165) is 22.5 Å². The highest BCUT2D eigenvalue weighted by atomic mass is 32.2. The van der Waals surface area contributed by atoms with Crippen molar-refractivity contribution in [1.29, 1.82) is 0 Å². The van der Waals surface area contributed by atoms with Crippen LogP contribution in [0.25, 0.3) is 0 Å². The third-order valence-corrected chi connectivity index (χ3v) is 5.28. The molecule has 0 unspecified atom stereocenters. The van der Waals surface area contributed by atoms with E-state index in [0.29, 0.717) is 16.2 Å². The van der Waals surface area contributed by atoms with Crippen molar-refractivity contribution in [2.75, 3.05) is 11.1 Å². The number of nitrogens with zero attached hydrogens (tertiary/aromatic N) is 4. The second kappa shape index (κ2) is 8.49. The van der Waals surface area contributed by atoms with Gasteiger partial charge in [-0.2, -0.15) is 0 Å². The number of carbonyl (C=O) groups excluding carboxylic acids is 1. The molecule has 0 aliphatic rings. The molecule has 0 fully saturated rings. The second-order valence-corrected chi connectivity index (χ2v) is 8.47. The predicted octanol–water partition coefficient (Wildman–Crippen LogP) is 3.53. The molecule has 27 heavy (non-hydrogen) atoms. The number of para-hydroxylation sites is 1. The van der Waals surface area contributed by atoms with Crippen molar-refractivity contribution in [3.8, 4) is 5.75 Å². The van der Waals surface area contributed by atoms with Crippen molar-refractivity contribution in [3.05, 3.63) is 41.2 Å². The Hall–Kier alpha value is -2.46. The molecule has 10 heteroatoms. The van der Waals surface area contributed by atoms with Crippen molar-refractivity contribution in [2.24, 2.45) is 0 Å². The minimum Gasteiger partial charge on any atom is -0.484 e. The molecule has 0 atom stereocenters. The van der Waals surface area contributed by atoms with Crippen LogP contribution >= 0.6 is 23.1 Å². The number of ether oxygens (including phenoxy) is 1. The molecule has 3 aromatic rings. The van der Waals surface area contributed by atoms with Crippen molar-refractivity contribution in [3.63, 3.8) is 0 Å². The summed E-state index contributed by atoms with van der Waals surface area (Å²) in [6, 6.07) is 9.35. The van der Waals surface area contributed by atoms with E-state index in [9.17, 15) is 4.79 Å². The van der Waals surface area contributed by atoms with Crippen LogP contribution in [0.15, 0.2) is 40.0 Å². The van der Waals surface area contributed by atoms with E-state index in [1.165, 1.54) is 11.3 Å². The van der Waals surface area contributed by atoms with Gasteiger partial charge in [0.1, 0.15) is 10.8 Å². The van der Waals surface area contributed by atoms with Crippen LogP contribution in [0.4, 0.5) is 5.13 Å². The molecule has 8 nitrogen and oxygen atoms in total. The van der Waals surface area contributed by atoms with Gasteiger partial charge in [0, 0.05) is 5.41 Å². The van der Waals surface area contributed by atoms with Gasteiger partial charge in [-0.25, -0.2) is 0 Å². The summed E-state index contributed by atoms with van der Waals surface area (Å²) in [5, 5.41) is 20.3. The lowest BCUT2D eigenvalue weighted by Crippen LogP contribution is -2.13. The van der Waals surface area contributed by atoms with Crippen LogP contribution in [0.2, 0.25) is 0 Å². The van der Waals surface area contributed by atoms with Crippen molar-refractivity contribution >= 4 is 34.1 Å². The standard InChI is InChI=1S/C17H19N5O3S2/c1-17(2,3)14-20-21-15(27-14)18-12(23)10-26-16-22-19-13(25-16)9-24-11-7-5-4-6-8-11/h4-8H,9-10H2,1-3H3,(H,18,21,23). The minimum absolute atomic E-state index is 0.0998. The van der Waals surface area contributed by atoms with Crippen molar-refractivity contribution < 1.29 is 13.9 Å². The van der Waals surface area contributed by atoms with Gasteiger partial charge in [-0.15, -0.1) is 20.4 Å². The average Bonchev–Trinajstić information content (AvgIpc) is 3.28. The van der Waals surface area contributed by atoms with E-state index in [2.05, 4.69) is 25.7 Å². The molecule has 2 aromatic heterocycles. The van der Waals surface area contributed by atoms with E-state index in [1.54, 1.807) is 0 Å². The fourth-order valence-corrected chi connectivity index (χ4v) is 3.27. The van der Waals surface area contributed by atoms with Gasteiger partial charge >= 0.3 is 0 Å². The Balaban J connectivity index is 1.45. The number of benzene rings is 1. The Morgan fingerprint density at radius 3 is 2.67 bits per heavy atom. The summed E-state index contributed by atoms with van der Waals surface area (Å²) in [6.07, 6.45) is 0. The molecule has 1 amide bonds. The highest BCUT2D eigenvalue weighted by Crippen LogP contribution is 2.28. The first-order valence-corrected chi connectivity index (χ1v) is 9.97. The zero-order chi connectivity index (χ0) is 19.3. The molecule has 0 radical (unpaired) electrons. The van der Waals surface area contributed by atoms with Gasteiger partial charge in [-0.1, -0.05) is 62.1 Å². The molecule has 0 saturated carbocycles. The van der Waals surface area contributed by atoms with Crippen LogP contribution in [0, 0.1) is 0 Å². The first-order valence-electron chi connectivity index (χ1n) is 8.17. The number of anilines is 1. The highest BCUT2D eigenvalue weighted by molar-refractivity contribution is 7.99. The maximum Gasteiger partial charge on any atom is 0.277 e. The number of hydrogen-bond acceptors (Lipinski definition) is 9. The predicted molar refractivity (Wildman–Crippen MR) is 103 cm³/mol. The molecular formula is C17H19N5O3S2. The van der Waals surface area contributed by atoms with Crippen LogP contribution in [0.5, 0.6) is 5.75 Å². The van der Waals surface area contributed by atoms with Gasteiger partial charge in [0.25, 0.3) is 11.1 Å². The van der Waals surface area contributed by atoms with Gasteiger partial charge in [-0.05, 0) is 12.1 Å². The van der Waals surface area contributed by atoms with Gasteiger partial charge in [0.15, 0.2) is 6.61 Å². The molecule has 0 bridgehead atoms. The van der Waals surface area contributed by atoms with Gasteiger partial charge in [0.05, 0.1) is 5.75 Å². The lowest BCUT2D eigenvalue weighted by atomic mass is 9.98. The number of hydrogen-bond donors (Lipinski definition) is 1. The van der Waals surface area contributed by atoms with Gasteiger partial charge in [0.2, 0.25) is 11.0 Å². The Bertz CT molecular complexity index is 889. The number of carbonyl (C=O) groups is 1. The number of nitrogens with one attached hydrogen (secondary N) is 1. The molecule has 2 heterocycles. The molecule has 1 N–H and O–H groups in total. The molecule has 0 spiro atoms. The topological polar surface area (TPSA) is 103 Å². The molecule has 0 aliphatic heterocycles. The zero-order valence-corrected chi connectivity index (χ0v) is 16.8. The molecule has 0 saturated heterocycles. The number of aromatic nitrogens is 4. The Labute approximate surface area is 164 Å². The minimum atomic E-state index is -0.211. The number of rotatable bonds is 7. The van der Waals surface area contributed by atoms with E-state index in [1.807, 2.05) is 51.1 Å². The summed E-state index contributed by atoms with van der Waals surface area (Å²) in [4.78, 5) is 12.1. The van der Waals surface area contributed by atoms with Crippen LogP contribution < -0.4 is 10.1 Å². The van der Waals surface area contributed by atoms with Crippen molar-refractivity contribution in [1.82, 2.24) is 20.4 Å². The summed E-state index contributed by atoms with van der Waals surface area (Å²) >= 11 is 2.52. The average molecular weight is 406 g/mol. The largest absolute Gasteiger partial charge is 0.484 e. The third-order valence-electron chi connectivity index (χ3n) is 3.19. The summed E-state index contributed by atoms with van der Waals surface area (Å²) in [5.74, 6) is 0.986. The molecular weight excluding hydrogens is 386 g/mol. The fourth-order valence-electron chi connectivity index (χ4n) is 1.88. The smallest absolute Gasteiger partial charge is 0.277 e. The quantitative estimate of drug-likeness (QED) is 0.596. The van der Waals surface area contributed by atoms with E-state index in [-0.39, 0.29) is 23.7 Å². The van der Waals surface area contributed by atoms with Crippen LogP contribution in [0.3, 0.4) is 0 Å². The molecule has 3 rings (SSSR count). The molecule has 1 aromatic carbocycles. The first-order chi connectivity index (χ1) is 12.9. The molecule has 142 valence electrons. The first kappa shape index (κ1) is 19.3. The maximum absolute atomic E-state index is 12.1. The maximum atomic E-state index is 12.1. The zero-order valence-electron chi connectivity index (χ0n) is 15.1. The number of amides is 1. The Kier molecular flexibility index (Phi) is 6.07. The van der Waals surface area contributed by atoms with E-state index >= 15 is 0 Å². The SMILES string of the molecule is CC(C)(C)c1nnc(NC(=O)CSc2nnc(COc3ccccc3)o2)s1. The summed E-state index contributed by atoms with van der Waals surface area (Å²) in [7, 11) is 0. The van der Waals surface area contributed by atoms with E-state index < -0.39 is 0 Å². The Morgan fingerprint density at radius 2 is 1.96 bits per heavy atom. The normalized spacial score (nSPS) is 11.4.